The van der Waals surface area contributed by atoms with Crippen molar-refractivity contribution in [3.05, 3.63) is 28.8 Å². The standard InChI is InChI=1S/C10H10ClNO3/c11-7-1-2-9-8(5-7)10(14)12(3-4-13)6-15-9/h1-2,5,13H,3-4,6H2. The molecule has 0 saturated carbocycles. The summed E-state index contributed by atoms with van der Waals surface area (Å²) in [5, 5.41) is 9.26. The molecule has 2 rings (SSSR count). The number of benzene rings is 1. The number of carbonyl (C=O) groups is 1. The van der Waals surface area contributed by atoms with Crippen molar-refractivity contribution in [2.75, 3.05) is 19.9 Å². The smallest absolute Gasteiger partial charge is 0.260 e. The highest BCUT2D eigenvalue weighted by molar-refractivity contribution is 6.31. The Balaban J connectivity index is 2.32. The molecule has 1 N–H and O–H groups in total. The zero-order valence-corrected chi connectivity index (χ0v) is 8.70. The summed E-state index contributed by atoms with van der Waals surface area (Å²) in [6, 6.07) is 4.92. The van der Waals surface area contributed by atoms with Gasteiger partial charge in [-0.05, 0) is 18.2 Å². The fraction of sp³-hybridized carbons (Fsp3) is 0.300. The minimum Gasteiger partial charge on any atom is -0.472 e. The Bertz CT molecular complexity index is 394. The maximum absolute atomic E-state index is 11.8. The molecule has 0 aromatic heterocycles. The van der Waals surface area contributed by atoms with Gasteiger partial charge in [0.05, 0.1) is 12.2 Å². The topological polar surface area (TPSA) is 49.8 Å². The predicted molar refractivity (Wildman–Crippen MR) is 55.1 cm³/mol. The summed E-state index contributed by atoms with van der Waals surface area (Å²) in [7, 11) is 0. The first-order chi connectivity index (χ1) is 7.22. The molecule has 0 unspecified atom stereocenters. The van der Waals surface area contributed by atoms with Gasteiger partial charge in [-0.25, -0.2) is 0 Å². The summed E-state index contributed by atoms with van der Waals surface area (Å²) in [6.45, 7) is 0.365. The van der Waals surface area contributed by atoms with Crippen LogP contribution in [0.25, 0.3) is 0 Å². The minimum atomic E-state index is -0.159. The van der Waals surface area contributed by atoms with Gasteiger partial charge in [0.15, 0.2) is 6.73 Å². The Labute approximate surface area is 92.0 Å². The lowest BCUT2D eigenvalue weighted by Gasteiger charge is -2.28. The van der Waals surface area contributed by atoms with Crippen molar-refractivity contribution < 1.29 is 14.6 Å². The van der Waals surface area contributed by atoms with Gasteiger partial charge in [-0.1, -0.05) is 11.6 Å². The molecule has 0 radical (unpaired) electrons. The zero-order valence-electron chi connectivity index (χ0n) is 7.94. The highest BCUT2D eigenvalue weighted by Gasteiger charge is 2.25. The number of β-amino-alcohol motifs (C(OH)–C–C–N with tert-alkyl or cyclic N) is 1. The number of carbonyl (C=O) groups excluding carboxylic acids is 1. The third-order valence-corrected chi connectivity index (χ3v) is 2.44. The summed E-state index contributed by atoms with van der Waals surface area (Å²) < 4.78 is 5.35. The Morgan fingerprint density at radius 3 is 3.07 bits per heavy atom. The van der Waals surface area contributed by atoms with E-state index in [0.29, 0.717) is 16.3 Å². The molecule has 0 saturated heterocycles. The van der Waals surface area contributed by atoms with Crippen LogP contribution in [0.4, 0.5) is 0 Å². The van der Waals surface area contributed by atoms with E-state index in [1.165, 1.54) is 4.90 Å². The maximum atomic E-state index is 11.8. The molecule has 1 aromatic rings. The number of hydrogen-bond acceptors (Lipinski definition) is 3. The average Bonchev–Trinajstić information content (AvgIpc) is 2.23. The SMILES string of the molecule is O=C1c2cc(Cl)ccc2OCN1CCO. The zero-order chi connectivity index (χ0) is 10.8. The fourth-order valence-electron chi connectivity index (χ4n) is 1.46. The number of halogens is 1. The van der Waals surface area contributed by atoms with E-state index in [1.54, 1.807) is 18.2 Å². The van der Waals surface area contributed by atoms with Crippen molar-refractivity contribution in [2.45, 2.75) is 0 Å². The molecule has 0 fully saturated rings. The van der Waals surface area contributed by atoms with Gasteiger partial charge < -0.3 is 14.7 Å². The van der Waals surface area contributed by atoms with Crippen molar-refractivity contribution in [1.29, 1.82) is 0 Å². The van der Waals surface area contributed by atoms with Gasteiger partial charge >= 0.3 is 0 Å². The quantitative estimate of drug-likeness (QED) is 0.824. The van der Waals surface area contributed by atoms with Gasteiger partial charge in [0.25, 0.3) is 5.91 Å². The summed E-state index contributed by atoms with van der Waals surface area (Å²) in [5.41, 5.74) is 0.446. The molecular weight excluding hydrogens is 218 g/mol. The summed E-state index contributed by atoms with van der Waals surface area (Å²) in [5.74, 6) is 0.381. The number of fused-ring (bicyclic) bond motifs is 1. The highest BCUT2D eigenvalue weighted by atomic mass is 35.5. The molecule has 0 spiro atoms. The van der Waals surface area contributed by atoms with Crippen LogP contribution in [0.5, 0.6) is 5.75 Å². The van der Waals surface area contributed by atoms with Crippen LogP contribution in [0.15, 0.2) is 18.2 Å². The van der Waals surface area contributed by atoms with Crippen molar-refractivity contribution in [3.8, 4) is 5.75 Å². The number of aliphatic hydroxyl groups excluding tert-OH is 1. The Morgan fingerprint density at radius 2 is 2.33 bits per heavy atom. The van der Waals surface area contributed by atoms with Crippen LogP contribution >= 0.6 is 11.6 Å². The molecule has 1 aliphatic heterocycles. The number of amides is 1. The fourth-order valence-corrected chi connectivity index (χ4v) is 1.63. The van der Waals surface area contributed by atoms with Gasteiger partial charge in [-0.3, -0.25) is 4.79 Å². The maximum Gasteiger partial charge on any atom is 0.260 e. The lowest BCUT2D eigenvalue weighted by atomic mass is 10.1. The Kier molecular flexibility index (Phi) is 2.79. The first-order valence-electron chi connectivity index (χ1n) is 4.55. The van der Waals surface area contributed by atoms with E-state index in [0.717, 1.165) is 0 Å². The predicted octanol–water partition coefficient (Wildman–Crippen LogP) is 1.12. The van der Waals surface area contributed by atoms with E-state index < -0.39 is 0 Å². The number of hydrogen-bond donors (Lipinski definition) is 1. The second-order valence-electron chi connectivity index (χ2n) is 3.21. The van der Waals surface area contributed by atoms with Crippen molar-refractivity contribution in [3.63, 3.8) is 0 Å². The average molecular weight is 228 g/mol. The summed E-state index contributed by atoms with van der Waals surface area (Å²) in [6.07, 6.45) is 0. The molecule has 1 heterocycles. The molecule has 0 bridgehead atoms. The van der Waals surface area contributed by atoms with Gasteiger partial charge in [0.2, 0.25) is 0 Å². The van der Waals surface area contributed by atoms with Crippen molar-refractivity contribution in [1.82, 2.24) is 4.90 Å². The first kappa shape index (κ1) is 10.3. The molecular formula is C10H10ClNO3. The van der Waals surface area contributed by atoms with Gasteiger partial charge in [-0.15, -0.1) is 0 Å². The van der Waals surface area contributed by atoms with Crippen LogP contribution in [0.2, 0.25) is 5.02 Å². The van der Waals surface area contributed by atoms with Crippen LogP contribution < -0.4 is 4.74 Å². The summed E-state index contributed by atoms with van der Waals surface area (Å²) in [4.78, 5) is 13.3. The van der Waals surface area contributed by atoms with E-state index in [4.69, 9.17) is 21.4 Å². The number of rotatable bonds is 2. The number of nitrogens with zero attached hydrogens (tertiary/aromatic N) is 1. The molecule has 1 amide bonds. The Morgan fingerprint density at radius 1 is 1.53 bits per heavy atom. The molecule has 0 atom stereocenters. The monoisotopic (exact) mass is 227 g/mol. The first-order valence-corrected chi connectivity index (χ1v) is 4.92. The molecule has 1 aromatic carbocycles. The van der Waals surface area contributed by atoms with Crippen LogP contribution in [0.1, 0.15) is 10.4 Å². The molecule has 1 aliphatic rings. The third kappa shape index (κ3) is 1.91. The van der Waals surface area contributed by atoms with Crippen molar-refractivity contribution >= 4 is 17.5 Å². The second kappa shape index (κ2) is 4.08. The molecule has 5 heteroatoms. The lowest BCUT2D eigenvalue weighted by Crippen LogP contribution is -2.40. The van der Waals surface area contributed by atoms with E-state index in [9.17, 15) is 4.79 Å². The largest absolute Gasteiger partial charge is 0.472 e. The number of aliphatic hydroxyl groups is 1. The van der Waals surface area contributed by atoms with E-state index in [-0.39, 0.29) is 25.8 Å². The third-order valence-electron chi connectivity index (χ3n) is 2.21. The molecule has 15 heavy (non-hydrogen) atoms. The van der Waals surface area contributed by atoms with Gasteiger partial charge in [-0.2, -0.15) is 0 Å². The summed E-state index contributed by atoms with van der Waals surface area (Å²) >= 11 is 5.79. The van der Waals surface area contributed by atoms with Crippen molar-refractivity contribution in [2.24, 2.45) is 0 Å². The molecule has 80 valence electrons. The normalized spacial score (nSPS) is 14.8. The van der Waals surface area contributed by atoms with Gasteiger partial charge in [0.1, 0.15) is 5.75 Å². The molecule has 4 nitrogen and oxygen atoms in total. The highest BCUT2D eigenvalue weighted by Crippen LogP contribution is 2.27. The second-order valence-corrected chi connectivity index (χ2v) is 3.64. The molecule has 0 aliphatic carbocycles. The van der Waals surface area contributed by atoms with Gasteiger partial charge in [0, 0.05) is 11.6 Å². The number of ether oxygens (including phenoxy) is 1. The van der Waals surface area contributed by atoms with Crippen LogP contribution in [0, 0.1) is 0 Å². The Hall–Kier alpha value is -1.26. The van der Waals surface area contributed by atoms with Crippen LogP contribution in [-0.2, 0) is 0 Å². The van der Waals surface area contributed by atoms with E-state index in [2.05, 4.69) is 0 Å². The van der Waals surface area contributed by atoms with E-state index in [1.807, 2.05) is 0 Å². The van der Waals surface area contributed by atoms with E-state index >= 15 is 0 Å². The van der Waals surface area contributed by atoms with Crippen LogP contribution in [-0.4, -0.2) is 35.8 Å². The van der Waals surface area contributed by atoms with Crippen LogP contribution in [0.3, 0.4) is 0 Å². The lowest BCUT2D eigenvalue weighted by molar-refractivity contribution is 0.0470. The minimum absolute atomic E-state index is 0.0784.